The number of nitrogens with one attached hydrogen (secondary N) is 1. The van der Waals surface area contributed by atoms with Gasteiger partial charge in [0.25, 0.3) is 0 Å². The molecule has 2 rings (SSSR count). The summed E-state index contributed by atoms with van der Waals surface area (Å²) in [5, 5.41) is 4.54. The third kappa shape index (κ3) is 4.64. The molecule has 0 saturated carbocycles. The fourth-order valence-corrected chi connectivity index (χ4v) is 3.05. The molecule has 0 aliphatic rings. The van der Waals surface area contributed by atoms with Crippen molar-refractivity contribution < 1.29 is 0 Å². The van der Waals surface area contributed by atoms with E-state index in [-0.39, 0.29) is 0 Å². The molecule has 0 radical (unpaired) electrons. The molecule has 112 valence electrons. The van der Waals surface area contributed by atoms with Crippen LogP contribution in [-0.4, -0.2) is 6.04 Å². The molecular formula is C17H18BrCl2N. The molecule has 0 fully saturated rings. The summed E-state index contributed by atoms with van der Waals surface area (Å²) >= 11 is 15.8. The molecular weight excluding hydrogens is 369 g/mol. The summed E-state index contributed by atoms with van der Waals surface area (Å²) in [5.74, 6) is 0. The Bertz CT molecular complexity index is 628. The first-order chi connectivity index (χ1) is 9.97. The van der Waals surface area contributed by atoms with Crippen LogP contribution in [0.4, 0.5) is 5.69 Å². The second kappa shape index (κ2) is 7.53. The number of rotatable bonds is 5. The van der Waals surface area contributed by atoms with Crippen molar-refractivity contribution in [1.29, 1.82) is 0 Å². The number of aryl methyl sites for hydroxylation is 2. The monoisotopic (exact) mass is 385 g/mol. The van der Waals surface area contributed by atoms with Gasteiger partial charge in [0.2, 0.25) is 0 Å². The topological polar surface area (TPSA) is 12.0 Å². The predicted octanol–water partition coefficient (Wildman–Crippen LogP) is 6.50. The molecule has 2 aromatic carbocycles. The van der Waals surface area contributed by atoms with Gasteiger partial charge in [-0.3, -0.25) is 0 Å². The average Bonchev–Trinajstić information content (AvgIpc) is 2.46. The zero-order chi connectivity index (χ0) is 15.4. The third-order valence-corrected chi connectivity index (χ3v) is 5.16. The standard InChI is InChI=1S/C17H18BrCl2N/c1-11-4-3-5-13(10-11)7-6-12(2)21-15-9-8-14(18)16(19)17(15)20/h3-5,8-10,12,21H,6-7H2,1-2H3. The zero-order valence-corrected chi connectivity index (χ0v) is 15.2. The summed E-state index contributed by atoms with van der Waals surface area (Å²) in [4.78, 5) is 0. The fourth-order valence-electron chi connectivity index (χ4n) is 2.23. The van der Waals surface area contributed by atoms with Crippen LogP contribution < -0.4 is 5.32 Å². The highest BCUT2D eigenvalue weighted by atomic mass is 79.9. The van der Waals surface area contributed by atoms with Gasteiger partial charge in [-0.25, -0.2) is 0 Å². The Morgan fingerprint density at radius 2 is 1.90 bits per heavy atom. The molecule has 0 aliphatic heterocycles. The van der Waals surface area contributed by atoms with E-state index in [4.69, 9.17) is 23.2 Å². The molecule has 0 aromatic heterocycles. The Hall–Kier alpha value is -0.700. The molecule has 0 amide bonds. The Kier molecular flexibility index (Phi) is 5.98. The molecule has 2 aromatic rings. The molecule has 0 spiro atoms. The lowest BCUT2D eigenvalue weighted by Crippen LogP contribution is -2.16. The maximum atomic E-state index is 6.26. The molecule has 4 heteroatoms. The molecule has 1 nitrogen and oxygen atoms in total. The van der Waals surface area contributed by atoms with Gasteiger partial charge in [0.15, 0.2) is 0 Å². The quantitative estimate of drug-likeness (QED) is 0.578. The first-order valence-electron chi connectivity index (χ1n) is 6.93. The lowest BCUT2D eigenvalue weighted by molar-refractivity contribution is 0.706. The van der Waals surface area contributed by atoms with Crippen molar-refractivity contribution in [3.8, 4) is 0 Å². The fraction of sp³-hybridized carbons (Fsp3) is 0.294. The van der Waals surface area contributed by atoms with E-state index >= 15 is 0 Å². The van der Waals surface area contributed by atoms with Gasteiger partial charge < -0.3 is 5.32 Å². The largest absolute Gasteiger partial charge is 0.381 e. The van der Waals surface area contributed by atoms with Crippen molar-refractivity contribution in [2.24, 2.45) is 0 Å². The van der Waals surface area contributed by atoms with Gasteiger partial charge in [0, 0.05) is 10.5 Å². The maximum absolute atomic E-state index is 6.26. The van der Waals surface area contributed by atoms with Gasteiger partial charge in [-0.15, -0.1) is 0 Å². The highest BCUT2D eigenvalue weighted by Gasteiger charge is 2.10. The Labute approximate surface area is 144 Å². The minimum Gasteiger partial charge on any atom is -0.381 e. The first-order valence-corrected chi connectivity index (χ1v) is 8.48. The normalized spacial score (nSPS) is 12.2. The Morgan fingerprint density at radius 1 is 1.14 bits per heavy atom. The van der Waals surface area contributed by atoms with Gasteiger partial charge in [0.1, 0.15) is 0 Å². The van der Waals surface area contributed by atoms with E-state index in [1.54, 1.807) is 0 Å². The number of halogens is 3. The van der Waals surface area contributed by atoms with Crippen LogP contribution in [0, 0.1) is 6.92 Å². The maximum Gasteiger partial charge on any atom is 0.0835 e. The summed E-state index contributed by atoms with van der Waals surface area (Å²) < 4.78 is 0.812. The SMILES string of the molecule is Cc1cccc(CCC(C)Nc2ccc(Br)c(Cl)c2Cl)c1. The highest BCUT2D eigenvalue weighted by molar-refractivity contribution is 9.10. The average molecular weight is 387 g/mol. The molecule has 1 unspecified atom stereocenters. The van der Waals surface area contributed by atoms with Crippen molar-refractivity contribution in [1.82, 2.24) is 0 Å². The van der Waals surface area contributed by atoms with Crippen LogP contribution in [0.25, 0.3) is 0 Å². The van der Waals surface area contributed by atoms with Gasteiger partial charge in [-0.2, -0.15) is 0 Å². The van der Waals surface area contributed by atoms with Crippen molar-refractivity contribution in [3.63, 3.8) is 0 Å². The van der Waals surface area contributed by atoms with Crippen LogP contribution in [0.5, 0.6) is 0 Å². The molecule has 0 heterocycles. The highest BCUT2D eigenvalue weighted by Crippen LogP contribution is 2.36. The number of anilines is 1. The second-order valence-corrected chi connectivity index (χ2v) is 6.91. The van der Waals surface area contributed by atoms with Crippen molar-refractivity contribution in [2.75, 3.05) is 5.32 Å². The lowest BCUT2D eigenvalue weighted by atomic mass is 10.0. The van der Waals surface area contributed by atoms with Crippen molar-refractivity contribution >= 4 is 44.8 Å². The minimum atomic E-state index is 0.320. The Balaban J connectivity index is 1.96. The van der Waals surface area contributed by atoms with E-state index in [1.165, 1.54) is 11.1 Å². The van der Waals surface area contributed by atoms with E-state index in [2.05, 4.69) is 59.4 Å². The van der Waals surface area contributed by atoms with E-state index in [1.807, 2.05) is 12.1 Å². The number of hydrogen-bond donors (Lipinski definition) is 1. The smallest absolute Gasteiger partial charge is 0.0835 e. The van der Waals surface area contributed by atoms with Crippen molar-refractivity contribution in [3.05, 3.63) is 62.0 Å². The summed E-state index contributed by atoms with van der Waals surface area (Å²) in [6.45, 7) is 4.27. The second-order valence-electron chi connectivity index (χ2n) is 5.30. The minimum absolute atomic E-state index is 0.320. The summed E-state index contributed by atoms with van der Waals surface area (Å²) in [6, 6.07) is 12.8. The molecule has 1 atom stereocenters. The summed E-state index contributed by atoms with van der Waals surface area (Å²) in [6.07, 6.45) is 2.07. The van der Waals surface area contributed by atoms with Crippen LogP contribution in [0.3, 0.4) is 0 Å². The predicted molar refractivity (Wildman–Crippen MR) is 96.7 cm³/mol. The van der Waals surface area contributed by atoms with Gasteiger partial charge in [-0.05, 0) is 60.3 Å². The molecule has 0 bridgehead atoms. The van der Waals surface area contributed by atoms with Gasteiger partial charge in [0.05, 0.1) is 15.7 Å². The number of hydrogen-bond acceptors (Lipinski definition) is 1. The van der Waals surface area contributed by atoms with Gasteiger partial charge >= 0.3 is 0 Å². The van der Waals surface area contributed by atoms with Crippen LogP contribution in [-0.2, 0) is 6.42 Å². The van der Waals surface area contributed by atoms with Crippen molar-refractivity contribution in [2.45, 2.75) is 32.7 Å². The van der Waals surface area contributed by atoms with Crippen LogP contribution in [0.2, 0.25) is 10.0 Å². The van der Waals surface area contributed by atoms with E-state index in [0.29, 0.717) is 16.1 Å². The first kappa shape index (κ1) is 16.7. The van der Waals surface area contributed by atoms with Gasteiger partial charge in [-0.1, -0.05) is 53.0 Å². The number of benzene rings is 2. The van der Waals surface area contributed by atoms with Crippen LogP contribution in [0.1, 0.15) is 24.5 Å². The zero-order valence-electron chi connectivity index (χ0n) is 12.1. The summed E-state index contributed by atoms with van der Waals surface area (Å²) in [5.41, 5.74) is 3.54. The Morgan fingerprint density at radius 3 is 2.62 bits per heavy atom. The molecule has 1 N–H and O–H groups in total. The van der Waals surface area contributed by atoms with Crippen LogP contribution >= 0.6 is 39.1 Å². The molecule has 21 heavy (non-hydrogen) atoms. The summed E-state index contributed by atoms with van der Waals surface area (Å²) in [7, 11) is 0. The van der Waals surface area contributed by atoms with Crippen LogP contribution in [0.15, 0.2) is 40.9 Å². The molecule has 0 aliphatic carbocycles. The van der Waals surface area contributed by atoms with E-state index in [0.717, 1.165) is 23.0 Å². The third-order valence-electron chi connectivity index (χ3n) is 3.39. The van der Waals surface area contributed by atoms with E-state index in [9.17, 15) is 0 Å². The lowest BCUT2D eigenvalue weighted by Gasteiger charge is -2.17. The molecule has 0 saturated heterocycles. The van der Waals surface area contributed by atoms with E-state index < -0.39 is 0 Å².